The summed E-state index contributed by atoms with van der Waals surface area (Å²) in [5.74, 6) is 1.32. The molecule has 0 saturated heterocycles. The van der Waals surface area contributed by atoms with E-state index in [2.05, 4.69) is 33.8 Å². The van der Waals surface area contributed by atoms with E-state index in [1.165, 1.54) is 9.78 Å². The van der Waals surface area contributed by atoms with Crippen molar-refractivity contribution in [1.29, 1.82) is 0 Å². The number of oxime groups is 1. The van der Waals surface area contributed by atoms with Crippen LogP contribution >= 0.6 is 22.6 Å². The fraction of sp³-hybridized carbons (Fsp3) is 0.0833. The third-order valence-electron chi connectivity index (χ3n) is 2.27. The van der Waals surface area contributed by atoms with Crippen molar-refractivity contribution in [3.8, 4) is 11.3 Å². The second-order valence-electron chi connectivity index (χ2n) is 3.41. The minimum atomic E-state index is 0.537. The van der Waals surface area contributed by atoms with Crippen molar-refractivity contribution in [2.24, 2.45) is 5.16 Å². The van der Waals surface area contributed by atoms with Crippen LogP contribution in [0, 0.1) is 10.5 Å². The molecule has 0 aliphatic rings. The molecule has 4 heteroatoms. The molecule has 2 rings (SSSR count). The summed E-state index contributed by atoms with van der Waals surface area (Å²) in [4.78, 5) is 0. The van der Waals surface area contributed by atoms with Gasteiger partial charge in [0.25, 0.3) is 0 Å². The van der Waals surface area contributed by atoms with Crippen molar-refractivity contribution in [1.82, 2.24) is 0 Å². The summed E-state index contributed by atoms with van der Waals surface area (Å²) >= 11 is 2.28. The highest BCUT2D eigenvalue weighted by atomic mass is 127. The molecule has 82 valence electrons. The van der Waals surface area contributed by atoms with E-state index in [9.17, 15) is 0 Å². The average molecular weight is 327 g/mol. The van der Waals surface area contributed by atoms with Gasteiger partial charge in [-0.05, 0) is 65.4 Å². The summed E-state index contributed by atoms with van der Waals surface area (Å²) in [5, 5.41) is 11.3. The van der Waals surface area contributed by atoms with Gasteiger partial charge >= 0.3 is 0 Å². The van der Waals surface area contributed by atoms with Gasteiger partial charge in [-0.3, -0.25) is 0 Å². The minimum absolute atomic E-state index is 0.537. The van der Waals surface area contributed by atoms with Crippen LogP contribution in [0.5, 0.6) is 0 Å². The van der Waals surface area contributed by atoms with Crippen LogP contribution in [0.25, 0.3) is 11.3 Å². The van der Waals surface area contributed by atoms with Crippen molar-refractivity contribution in [2.45, 2.75) is 6.92 Å². The number of rotatable bonds is 2. The van der Waals surface area contributed by atoms with Crippen molar-refractivity contribution in [2.75, 3.05) is 0 Å². The first-order valence-corrected chi connectivity index (χ1v) is 5.82. The van der Waals surface area contributed by atoms with Gasteiger partial charge in [-0.15, -0.1) is 0 Å². The first kappa shape index (κ1) is 11.2. The first-order valence-electron chi connectivity index (χ1n) is 4.74. The van der Waals surface area contributed by atoms with E-state index < -0.39 is 0 Å². The Morgan fingerprint density at radius 2 is 2.12 bits per heavy atom. The van der Waals surface area contributed by atoms with E-state index in [1.807, 2.05) is 25.1 Å². The predicted octanol–water partition coefficient (Wildman–Crippen LogP) is 3.67. The van der Waals surface area contributed by atoms with Crippen molar-refractivity contribution < 1.29 is 9.62 Å². The maximum Gasteiger partial charge on any atom is 0.149 e. The zero-order chi connectivity index (χ0) is 11.5. The predicted molar refractivity (Wildman–Crippen MR) is 71.0 cm³/mol. The Bertz CT molecular complexity index is 532. The molecule has 0 bridgehead atoms. The number of hydrogen-bond acceptors (Lipinski definition) is 3. The number of nitrogens with zero attached hydrogens (tertiary/aromatic N) is 1. The van der Waals surface area contributed by atoms with E-state index in [4.69, 9.17) is 9.62 Å². The van der Waals surface area contributed by atoms with Gasteiger partial charge in [-0.25, -0.2) is 0 Å². The van der Waals surface area contributed by atoms with Gasteiger partial charge in [0.05, 0.1) is 0 Å². The van der Waals surface area contributed by atoms with Gasteiger partial charge < -0.3 is 9.62 Å². The molecule has 16 heavy (non-hydrogen) atoms. The average Bonchev–Trinajstić information content (AvgIpc) is 2.67. The van der Waals surface area contributed by atoms with Gasteiger partial charge in [-0.2, -0.15) is 0 Å². The van der Waals surface area contributed by atoms with Crippen LogP contribution in [0.15, 0.2) is 39.9 Å². The van der Waals surface area contributed by atoms with E-state index >= 15 is 0 Å². The third kappa shape index (κ3) is 2.27. The number of benzene rings is 1. The zero-order valence-electron chi connectivity index (χ0n) is 8.64. The van der Waals surface area contributed by atoms with E-state index in [-0.39, 0.29) is 0 Å². The number of aryl methyl sites for hydroxylation is 1. The number of furan rings is 1. The van der Waals surface area contributed by atoms with Crippen LogP contribution in [-0.4, -0.2) is 11.4 Å². The van der Waals surface area contributed by atoms with Crippen molar-refractivity contribution >= 4 is 28.8 Å². The molecule has 0 radical (unpaired) electrons. The molecule has 0 atom stereocenters. The second-order valence-corrected chi connectivity index (χ2v) is 4.65. The number of hydrogen-bond donors (Lipinski definition) is 1. The third-order valence-corrected chi connectivity index (χ3v) is 2.94. The van der Waals surface area contributed by atoms with Crippen LogP contribution in [-0.2, 0) is 0 Å². The Morgan fingerprint density at radius 3 is 2.81 bits per heavy atom. The fourth-order valence-electron chi connectivity index (χ4n) is 1.53. The number of halogens is 1. The molecule has 2 aromatic rings. The standard InChI is InChI=1S/C12H10INO2/c1-8-6-9(13)2-4-11(8)12-5-3-10(16-12)7-14-15/h2-7,15H,1H3/b14-7-. The van der Waals surface area contributed by atoms with Crippen LogP contribution < -0.4 is 0 Å². The van der Waals surface area contributed by atoms with Crippen LogP contribution in [0.3, 0.4) is 0 Å². The minimum Gasteiger partial charge on any atom is -0.455 e. The Kier molecular flexibility index (Phi) is 3.28. The maximum absolute atomic E-state index is 8.40. The van der Waals surface area contributed by atoms with Gasteiger partial charge in [0.2, 0.25) is 0 Å². The summed E-state index contributed by atoms with van der Waals surface area (Å²) in [6.07, 6.45) is 1.27. The highest BCUT2D eigenvalue weighted by Crippen LogP contribution is 2.26. The molecular weight excluding hydrogens is 317 g/mol. The van der Waals surface area contributed by atoms with Crippen LogP contribution in [0.2, 0.25) is 0 Å². The molecule has 0 spiro atoms. The highest BCUT2D eigenvalue weighted by Gasteiger charge is 2.06. The van der Waals surface area contributed by atoms with Crippen molar-refractivity contribution in [3.05, 3.63) is 45.2 Å². The molecule has 0 saturated carbocycles. The first-order chi connectivity index (χ1) is 7.70. The lowest BCUT2D eigenvalue weighted by Gasteiger charge is -2.02. The Balaban J connectivity index is 2.42. The lowest BCUT2D eigenvalue weighted by atomic mass is 10.1. The molecule has 1 aromatic carbocycles. The molecular formula is C12H10INO2. The van der Waals surface area contributed by atoms with Gasteiger partial charge in [-0.1, -0.05) is 5.16 Å². The summed E-state index contributed by atoms with van der Waals surface area (Å²) in [6.45, 7) is 2.04. The maximum atomic E-state index is 8.40. The lowest BCUT2D eigenvalue weighted by Crippen LogP contribution is -1.82. The monoisotopic (exact) mass is 327 g/mol. The fourth-order valence-corrected chi connectivity index (χ4v) is 2.17. The van der Waals surface area contributed by atoms with Crippen LogP contribution in [0.4, 0.5) is 0 Å². The van der Waals surface area contributed by atoms with Gasteiger partial charge in [0.1, 0.15) is 17.7 Å². The lowest BCUT2D eigenvalue weighted by molar-refractivity contribution is 0.321. The van der Waals surface area contributed by atoms with Gasteiger partial charge in [0, 0.05) is 9.13 Å². The second kappa shape index (κ2) is 4.69. The molecule has 1 heterocycles. The Morgan fingerprint density at radius 1 is 1.31 bits per heavy atom. The molecule has 0 aliphatic heterocycles. The highest BCUT2D eigenvalue weighted by molar-refractivity contribution is 14.1. The molecule has 0 amide bonds. The molecule has 0 fully saturated rings. The SMILES string of the molecule is Cc1cc(I)ccc1-c1ccc(/C=N\O)o1. The Labute approximate surface area is 107 Å². The molecule has 0 aliphatic carbocycles. The largest absolute Gasteiger partial charge is 0.455 e. The van der Waals surface area contributed by atoms with Crippen molar-refractivity contribution in [3.63, 3.8) is 0 Å². The quantitative estimate of drug-likeness (QED) is 0.396. The Hall–Kier alpha value is -1.30. The van der Waals surface area contributed by atoms with E-state index in [0.29, 0.717) is 5.76 Å². The summed E-state index contributed by atoms with van der Waals surface area (Å²) in [5.41, 5.74) is 2.21. The molecule has 1 aromatic heterocycles. The summed E-state index contributed by atoms with van der Waals surface area (Å²) < 4.78 is 6.72. The molecule has 3 nitrogen and oxygen atoms in total. The smallest absolute Gasteiger partial charge is 0.149 e. The summed E-state index contributed by atoms with van der Waals surface area (Å²) in [7, 11) is 0. The van der Waals surface area contributed by atoms with Crippen LogP contribution in [0.1, 0.15) is 11.3 Å². The molecule has 0 unspecified atom stereocenters. The summed E-state index contributed by atoms with van der Waals surface area (Å²) in [6, 6.07) is 9.79. The topological polar surface area (TPSA) is 45.7 Å². The van der Waals surface area contributed by atoms with E-state index in [1.54, 1.807) is 6.07 Å². The van der Waals surface area contributed by atoms with Gasteiger partial charge in [0.15, 0.2) is 0 Å². The normalized spacial score (nSPS) is 11.1. The zero-order valence-corrected chi connectivity index (χ0v) is 10.8. The molecule has 1 N–H and O–H groups in total. The van der Waals surface area contributed by atoms with E-state index in [0.717, 1.165) is 16.9 Å².